The molecular weight excluding hydrogens is 278 g/mol. The highest BCUT2D eigenvalue weighted by molar-refractivity contribution is 7.99. The molecule has 21 heavy (non-hydrogen) atoms. The standard InChI is InChI=1S/C18H27NOS/c1-13-9-14(2)11-16(10-13)12-21-15(3)18(20)19-17-7-5-4-6-8-17/h9-11,15,17H,4-8,12H2,1-3H3,(H,19,20). The van der Waals surface area contributed by atoms with Gasteiger partial charge >= 0.3 is 0 Å². The molecule has 0 aliphatic heterocycles. The summed E-state index contributed by atoms with van der Waals surface area (Å²) < 4.78 is 0. The fourth-order valence-corrected chi connectivity index (χ4v) is 3.84. The first-order chi connectivity index (χ1) is 10.0. The van der Waals surface area contributed by atoms with Gasteiger partial charge in [0.05, 0.1) is 5.25 Å². The fraction of sp³-hybridized carbons (Fsp3) is 0.611. The zero-order valence-corrected chi connectivity index (χ0v) is 14.3. The van der Waals surface area contributed by atoms with E-state index in [1.54, 1.807) is 11.8 Å². The first kappa shape index (κ1) is 16.4. The van der Waals surface area contributed by atoms with Crippen molar-refractivity contribution in [3.8, 4) is 0 Å². The highest BCUT2D eigenvalue weighted by atomic mass is 32.2. The van der Waals surface area contributed by atoms with E-state index in [9.17, 15) is 4.79 Å². The lowest BCUT2D eigenvalue weighted by Gasteiger charge is -2.24. The van der Waals surface area contributed by atoms with Gasteiger partial charge in [-0.2, -0.15) is 0 Å². The number of benzene rings is 1. The van der Waals surface area contributed by atoms with Crippen LogP contribution in [0.25, 0.3) is 0 Å². The number of nitrogens with one attached hydrogen (secondary N) is 1. The van der Waals surface area contributed by atoms with Crippen LogP contribution in [0.15, 0.2) is 18.2 Å². The summed E-state index contributed by atoms with van der Waals surface area (Å²) in [6.07, 6.45) is 6.15. The summed E-state index contributed by atoms with van der Waals surface area (Å²) >= 11 is 1.73. The predicted molar refractivity (Wildman–Crippen MR) is 91.7 cm³/mol. The van der Waals surface area contributed by atoms with Gasteiger partial charge in [-0.25, -0.2) is 0 Å². The van der Waals surface area contributed by atoms with E-state index in [0.717, 1.165) is 18.6 Å². The van der Waals surface area contributed by atoms with Crippen LogP contribution in [0.4, 0.5) is 0 Å². The minimum atomic E-state index is 0.0211. The Hall–Kier alpha value is -0.960. The molecule has 1 aliphatic carbocycles. The highest BCUT2D eigenvalue weighted by Crippen LogP contribution is 2.22. The van der Waals surface area contributed by atoms with Crippen molar-refractivity contribution in [3.63, 3.8) is 0 Å². The molecule has 0 radical (unpaired) electrons. The van der Waals surface area contributed by atoms with Gasteiger partial charge in [-0.15, -0.1) is 11.8 Å². The largest absolute Gasteiger partial charge is 0.352 e. The summed E-state index contributed by atoms with van der Waals surface area (Å²) in [5.41, 5.74) is 3.91. The summed E-state index contributed by atoms with van der Waals surface area (Å²) in [5.74, 6) is 1.11. The molecular formula is C18H27NOS. The van der Waals surface area contributed by atoms with Gasteiger partial charge in [0, 0.05) is 11.8 Å². The molecule has 1 atom stereocenters. The Morgan fingerprint density at radius 3 is 2.43 bits per heavy atom. The van der Waals surface area contributed by atoms with Gasteiger partial charge in [0.2, 0.25) is 5.91 Å². The van der Waals surface area contributed by atoms with Crippen molar-refractivity contribution < 1.29 is 4.79 Å². The van der Waals surface area contributed by atoms with Crippen LogP contribution in [0.3, 0.4) is 0 Å². The Morgan fingerprint density at radius 1 is 1.19 bits per heavy atom. The van der Waals surface area contributed by atoms with Crippen LogP contribution in [0, 0.1) is 13.8 Å². The van der Waals surface area contributed by atoms with E-state index in [2.05, 4.69) is 37.4 Å². The van der Waals surface area contributed by atoms with Crippen LogP contribution in [0.2, 0.25) is 0 Å². The number of hydrogen-bond donors (Lipinski definition) is 1. The molecule has 0 saturated heterocycles. The van der Waals surface area contributed by atoms with E-state index in [1.807, 2.05) is 6.92 Å². The lowest BCUT2D eigenvalue weighted by Crippen LogP contribution is -2.40. The van der Waals surface area contributed by atoms with E-state index in [0.29, 0.717) is 6.04 Å². The second-order valence-electron chi connectivity index (χ2n) is 6.29. The Bertz CT molecular complexity index is 460. The zero-order chi connectivity index (χ0) is 15.2. The first-order valence-corrected chi connectivity index (χ1v) is 9.08. The minimum Gasteiger partial charge on any atom is -0.352 e. The van der Waals surface area contributed by atoms with Gasteiger partial charge in [-0.1, -0.05) is 48.6 Å². The number of amides is 1. The topological polar surface area (TPSA) is 29.1 Å². The number of thioether (sulfide) groups is 1. The third-order valence-corrected chi connectivity index (χ3v) is 5.32. The Morgan fingerprint density at radius 2 is 1.81 bits per heavy atom. The van der Waals surface area contributed by atoms with Gasteiger partial charge in [-0.05, 0) is 39.2 Å². The number of carbonyl (C=O) groups is 1. The summed E-state index contributed by atoms with van der Waals surface area (Å²) in [6.45, 7) is 6.27. The molecule has 1 saturated carbocycles. The maximum Gasteiger partial charge on any atom is 0.233 e. The van der Waals surface area contributed by atoms with Gasteiger partial charge < -0.3 is 5.32 Å². The molecule has 1 fully saturated rings. The van der Waals surface area contributed by atoms with Crippen molar-refractivity contribution in [2.45, 2.75) is 69.9 Å². The van der Waals surface area contributed by atoms with Crippen LogP contribution in [0.1, 0.15) is 55.7 Å². The molecule has 1 aliphatic rings. The molecule has 1 N–H and O–H groups in total. The van der Waals surface area contributed by atoms with Crippen LogP contribution >= 0.6 is 11.8 Å². The van der Waals surface area contributed by atoms with E-state index in [4.69, 9.17) is 0 Å². The summed E-state index contributed by atoms with van der Waals surface area (Å²) in [6, 6.07) is 7.03. The average Bonchev–Trinajstić information content (AvgIpc) is 2.44. The van der Waals surface area contributed by atoms with Crippen molar-refractivity contribution in [1.29, 1.82) is 0 Å². The van der Waals surface area contributed by atoms with Crippen molar-refractivity contribution in [2.24, 2.45) is 0 Å². The van der Waals surface area contributed by atoms with Crippen LogP contribution in [-0.4, -0.2) is 17.2 Å². The molecule has 1 unspecified atom stereocenters. The van der Waals surface area contributed by atoms with E-state index < -0.39 is 0 Å². The minimum absolute atomic E-state index is 0.0211. The van der Waals surface area contributed by atoms with Crippen LogP contribution in [0.5, 0.6) is 0 Å². The van der Waals surface area contributed by atoms with Gasteiger partial charge in [-0.3, -0.25) is 4.79 Å². The summed E-state index contributed by atoms with van der Waals surface area (Å²) in [5, 5.41) is 3.24. The lowest BCUT2D eigenvalue weighted by atomic mass is 9.95. The second-order valence-corrected chi connectivity index (χ2v) is 7.62. The van der Waals surface area contributed by atoms with Crippen molar-refractivity contribution in [3.05, 3.63) is 34.9 Å². The van der Waals surface area contributed by atoms with Crippen LogP contribution < -0.4 is 5.32 Å². The second kappa shape index (κ2) is 7.88. The molecule has 0 spiro atoms. The Balaban J connectivity index is 1.80. The van der Waals surface area contributed by atoms with Crippen molar-refractivity contribution in [1.82, 2.24) is 5.32 Å². The monoisotopic (exact) mass is 305 g/mol. The van der Waals surface area contributed by atoms with Crippen molar-refractivity contribution in [2.75, 3.05) is 0 Å². The molecule has 0 aromatic heterocycles. The van der Waals surface area contributed by atoms with Crippen LogP contribution in [-0.2, 0) is 10.5 Å². The summed E-state index contributed by atoms with van der Waals surface area (Å²) in [4.78, 5) is 12.2. The molecule has 116 valence electrons. The predicted octanol–water partition coefficient (Wildman–Crippen LogP) is 4.37. The Kier molecular flexibility index (Phi) is 6.16. The van der Waals surface area contributed by atoms with Gasteiger partial charge in [0.15, 0.2) is 0 Å². The van der Waals surface area contributed by atoms with Gasteiger partial charge in [0.25, 0.3) is 0 Å². The first-order valence-electron chi connectivity index (χ1n) is 8.04. The van der Waals surface area contributed by atoms with E-state index in [-0.39, 0.29) is 11.2 Å². The molecule has 1 aromatic rings. The lowest BCUT2D eigenvalue weighted by molar-refractivity contribution is -0.121. The van der Waals surface area contributed by atoms with E-state index >= 15 is 0 Å². The number of aryl methyl sites for hydroxylation is 2. The maximum atomic E-state index is 12.2. The molecule has 1 aromatic carbocycles. The maximum absolute atomic E-state index is 12.2. The third kappa shape index (κ3) is 5.39. The number of carbonyl (C=O) groups excluding carboxylic acids is 1. The average molecular weight is 305 g/mol. The molecule has 2 rings (SSSR count). The smallest absolute Gasteiger partial charge is 0.233 e. The molecule has 1 amide bonds. The fourth-order valence-electron chi connectivity index (χ4n) is 3.01. The SMILES string of the molecule is Cc1cc(C)cc(CSC(C)C(=O)NC2CCCCC2)c1. The third-order valence-electron chi connectivity index (χ3n) is 4.10. The quantitative estimate of drug-likeness (QED) is 0.875. The number of hydrogen-bond acceptors (Lipinski definition) is 2. The molecule has 2 nitrogen and oxygen atoms in total. The Labute approximate surface area is 133 Å². The summed E-state index contributed by atoms with van der Waals surface area (Å²) in [7, 11) is 0. The normalized spacial score (nSPS) is 17.5. The van der Waals surface area contributed by atoms with Crippen molar-refractivity contribution >= 4 is 17.7 Å². The molecule has 0 heterocycles. The molecule has 3 heteroatoms. The number of rotatable bonds is 5. The molecule has 0 bridgehead atoms. The van der Waals surface area contributed by atoms with E-state index in [1.165, 1.54) is 36.0 Å². The van der Waals surface area contributed by atoms with Gasteiger partial charge in [0.1, 0.15) is 0 Å². The highest BCUT2D eigenvalue weighted by Gasteiger charge is 2.19. The zero-order valence-electron chi connectivity index (χ0n) is 13.4.